The van der Waals surface area contributed by atoms with Gasteiger partial charge in [-0.15, -0.1) is 0 Å². The Balaban J connectivity index is 1.67. The van der Waals surface area contributed by atoms with Crippen LogP contribution in [-0.4, -0.2) is 6.54 Å². The van der Waals surface area contributed by atoms with Crippen molar-refractivity contribution in [2.75, 3.05) is 6.54 Å². The fourth-order valence-corrected chi connectivity index (χ4v) is 2.98. The zero-order valence-corrected chi connectivity index (χ0v) is 13.5. The molecule has 0 amide bonds. The molecule has 0 bridgehead atoms. The highest BCUT2D eigenvalue weighted by Gasteiger charge is 2.05. The highest BCUT2D eigenvalue weighted by molar-refractivity contribution is 6.31. The van der Waals surface area contributed by atoms with Crippen molar-refractivity contribution in [3.05, 3.63) is 82.9 Å². The molecule has 0 fully saturated rings. The molecule has 0 aliphatic rings. The minimum atomic E-state index is 0.505. The molecule has 1 nitrogen and oxygen atoms in total. The van der Waals surface area contributed by atoms with Gasteiger partial charge in [0.05, 0.1) is 0 Å². The highest BCUT2D eigenvalue weighted by atomic mass is 35.5. The number of halogens is 1. The van der Waals surface area contributed by atoms with Crippen LogP contribution in [0.25, 0.3) is 10.8 Å². The molecule has 0 saturated carbocycles. The summed E-state index contributed by atoms with van der Waals surface area (Å²) in [6.45, 7) is 4.09. The number of benzene rings is 3. The average molecular weight is 310 g/mol. The monoisotopic (exact) mass is 309 g/mol. The minimum absolute atomic E-state index is 0.505. The van der Waals surface area contributed by atoms with Gasteiger partial charge in [0.25, 0.3) is 0 Å². The first kappa shape index (κ1) is 15.1. The summed E-state index contributed by atoms with van der Waals surface area (Å²) in [4.78, 5) is 0. The first-order valence-corrected chi connectivity index (χ1v) is 8.04. The number of hydrogen-bond acceptors (Lipinski definition) is 1. The molecule has 22 heavy (non-hydrogen) atoms. The maximum atomic E-state index is 6.07. The van der Waals surface area contributed by atoms with E-state index >= 15 is 0 Å². The molecular weight excluding hydrogens is 290 g/mol. The Labute approximate surface area is 136 Å². The molecule has 3 rings (SSSR count). The summed E-state index contributed by atoms with van der Waals surface area (Å²) in [7, 11) is 0. The van der Waals surface area contributed by atoms with E-state index in [4.69, 9.17) is 11.6 Å². The molecule has 0 saturated heterocycles. The lowest BCUT2D eigenvalue weighted by atomic mass is 10.0. The van der Waals surface area contributed by atoms with Crippen molar-refractivity contribution >= 4 is 22.4 Å². The molecule has 1 unspecified atom stereocenters. The summed E-state index contributed by atoms with van der Waals surface area (Å²) in [6.07, 6.45) is 0. The number of rotatable bonds is 5. The molecule has 0 aliphatic heterocycles. The summed E-state index contributed by atoms with van der Waals surface area (Å²) in [5.74, 6) is 0.505. The second-order valence-corrected chi connectivity index (χ2v) is 6.16. The van der Waals surface area contributed by atoms with Crippen molar-refractivity contribution in [1.29, 1.82) is 0 Å². The van der Waals surface area contributed by atoms with Crippen LogP contribution in [0.3, 0.4) is 0 Å². The van der Waals surface area contributed by atoms with Crippen molar-refractivity contribution < 1.29 is 0 Å². The molecule has 1 atom stereocenters. The first-order valence-electron chi connectivity index (χ1n) is 7.67. The lowest BCUT2D eigenvalue weighted by molar-refractivity contribution is 0.617. The fourth-order valence-electron chi connectivity index (χ4n) is 2.80. The van der Waals surface area contributed by atoms with Crippen LogP contribution in [0.1, 0.15) is 24.0 Å². The van der Waals surface area contributed by atoms with Gasteiger partial charge in [0.15, 0.2) is 0 Å². The molecule has 0 aromatic heterocycles. The second-order valence-electron chi connectivity index (χ2n) is 5.73. The van der Waals surface area contributed by atoms with Crippen LogP contribution in [0.4, 0.5) is 0 Å². The van der Waals surface area contributed by atoms with Gasteiger partial charge in [0.2, 0.25) is 0 Å². The van der Waals surface area contributed by atoms with Crippen molar-refractivity contribution in [2.45, 2.75) is 19.4 Å². The zero-order chi connectivity index (χ0) is 15.4. The van der Waals surface area contributed by atoms with Gasteiger partial charge in [-0.3, -0.25) is 0 Å². The Bertz CT molecular complexity index is 752. The largest absolute Gasteiger partial charge is 0.312 e. The smallest absolute Gasteiger partial charge is 0.0412 e. The first-order chi connectivity index (χ1) is 10.7. The van der Waals surface area contributed by atoms with Gasteiger partial charge < -0.3 is 5.32 Å². The highest BCUT2D eigenvalue weighted by Crippen LogP contribution is 2.23. The zero-order valence-electron chi connectivity index (χ0n) is 12.7. The fraction of sp³-hybridized carbons (Fsp3) is 0.200. The van der Waals surface area contributed by atoms with Gasteiger partial charge in [-0.1, -0.05) is 73.1 Å². The van der Waals surface area contributed by atoms with E-state index in [0.717, 1.165) is 18.1 Å². The molecule has 1 N–H and O–H groups in total. The predicted octanol–water partition coefficient (Wildman–Crippen LogP) is 5.39. The molecule has 0 radical (unpaired) electrons. The summed E-state index contributed by atoms with van der Waals surface area (Å²) < 4.78 is 0. The number of fused-ring (bicyclic) bond motifs is 1. The maximum Gasteiger partial charge on any atom is 0.0412 e. The van der Waals surface area contributed by atoms with Gasteiger partial charge in [0, 0.05) is 18.1 Å². The van der Waals surface area contributed by atoms with Crippen LogP contribution < -0.4 is 5.32 Å². The van der Waals surface area contributed by atoms with Gasteiger partial charge in [0.1, 0.15) is 0 Å². The number of hydrogen-bond donors (Lipinski definition) is 1. The van der Waals surface area contributed by atoms with Crippen LogP contribution >= 0.6 is 11.6 Å². The standard InChI is InChI=1S/C20H20ClN/c1-15(16-6-3-2-4-7-16)13-22-14-18-9-5-8-17-12-19(21)10-11-20(17)18/h2-12,15,22H,13-14H2,1H3. The van der Waals surface area contributed by atoms with E-state index in [0.29, 0.717) is 5.92 Å². The van der Waals surface area contributed by atoms with Crippen LogP contribution in [0, 0.1) is 0 Å². The average Bonchev–Trinajstić information content (AvgIpc) is 2.55. The summed E-state index contributed by atoms with van der Waals surface area (Å²) in [5, 5.41) is 6.83. The molecule has 3 aromatic carbocycles. The van der Waals surface area contributed by atoms with Crippen molar-refractivity contribution in [1.82, 2.24) is 5.32 Å². The Morgan fingerprint density at radius 2 is 1.77 bits per heavy atom. The Morgan fingerprint density at radius 3 is 2.59 bits per heavy atom. The van der Waals surface area contributed by atoms with Crippen molar-refractivity contribution in [3.63, 3.8) is 0 Å². The molecule has 2 heteroatoms. The van der Waals surface area contributed by atoms with E-state index < -0.39 is 0 Å². The van der Waals surface area contributed by atoms with E-state index in [1.807, 2.05) is 12.1 Å². The molecule has 0 aliphatic carbocycles. The molecule has 112 valence electrons. The molecular formula is C20H20ClN. The summed E-state index contributed by atoms with van der Waals surface area (Å²) >= 11 is 6.07. The maximum absolute atomic E-state index is 6.07. The van der Waals surface area contributed by atoms with E-state index in [1.54, 1.807) is 0 Å². The predicted molar refractivity (Wildman–Crippen MR) is 95.5 cm³/mol. The van der Waals surface area contributed by atoms with Crippen LogP contribution in [0.15, 0.2) is 66.7 Å². The molecule has 0 heterocycles. The van der Waals surface area contributed by atoms with E-state index in [2.05, 4.69) is 66.8 Å². The van der Waals surface area contributed by atoms with E-state index in [-0.39, 0.29) is 0 Å². The van der Waals surface area contributed by atoms with Crippen molar-refractivity contribution in [2.24, 2.45) is 0 Å². The lowest BCUT2D eigenvalue weighted by Crippen LogP contribution is -2.19. The van der Waals surface area contributed by atoms with Gasteiger partial charge >= 0.3 is 0 Å². The van der Waals surface area contributed by atoms with Gasteiger partial charge in [-0.05, 0) is 39.9 Å². The number of nitrogens with one attached hydrogen (secondary N) is 1. The molecule has 0 spiro atoms. The SMILES string of the molecule is CC(CNCc1cccc2cc(Cl)ccc12)c1ccccc1. The lowest BCUT2D eigenvalue weighted by Gasteiger charge is -2.14. The quantitative estimate of drug-likeness (QED) is 0.666. The Morgan fingerprint density at radius 1 is 0.955 bits per heavy atom. The van der Waals surface area contributed by atoms with E-state index in [9.17, 15) is 0 Å². The third-order valence-corrected chi connectivity index (χ3v) is 4.30. The van der Waals surface area contributed by atoms with Crippen molar-refractivity contribution in [3.8, 4) is 0 Å². The summed E-state index contributed by atoms with van der Waals surface area (Å²) in [5.41, 5.74) is 2.69. The minimum Gasteiger partial charge on any atom is -0.312 e. The normalized spacial score (nSPS) is 12.5. The Hall–Kier alpha value is -1.83. The Kier molecular flexibility index (Phi) is 4.77. The van der Waals surface area contributed by atoms with Crippen LogP contribution in [-0.2, 0) is 6.54 Å². The second kappa shape index (κ2) is 6.95. The van der Waals surface area contributed by atoms with Gasteiger partial charge in [-0.2, -0.15) is 0 Å². The van der Waals surface area contributed by atoms with E-state index in [1.165, 1.54) is 21.9 Å². The van der Waals surface area contributed by atoms with Crippen LogP contribution in [0.2, 0.25) is 5.02 Å². The van der Waals surface area contributed by atoms with Gasteiger partial charge in [-0.25, -0.2) is 0 Å². The molecule has 3 aromatic rings. The summed E-state index contributed by atoms with van der Waals surface area (Å²) in [6, 6.07) is 23.1. The topological polar surface area (TPSA) is 12.0 Å². The van der Waals surface area contributed by atoms with Crippen LogP contribution in [0.5, 0.6) is 0 Å². The third kappa shape index (κ3) is 3.49. The third-order valence-electron chi connectivity index (χ3n) is 4.07.